The number of hydrogen-bond donors (Lipinski definition) is 1. The number of para-hydroxylation sites is 1. The number of hydrogen-bond acceptors (Lipinski definition) is 6. The number of benzene rings is 2. The number of carbonyl (C=O) groups excluding carboxylic acids is 1. The standard InChI is InChI=1S/C23H29N3O4S2/c1-30-21-11-10-18(32(28,29)26-13-5-2-6-14-26)16-19(21)24-23(27)17-25-12-7-15-31-22-9-4-3-8-20(22)25/h3-4,8-11,16H,2,5-7,12-15,17H2,1H3,(H,24,27). The number of piperidine rings is 1. The third kappa shape index (κ3) is 5.05. The lowest BCUT2D eigenvalue weighted by molar-refractivity contribution is -0.115. The van der Waals surface area contributed by atoms with Crippen molar-refractivity contribution in [2.45, 2.75) is 35.5 Å². The van der Waals surface area contributed by atoms with Crippen molar-refractivity contribution in [2.24, 2.45) is 0 Å². The molecule has 2 aliphatic rings. The average molecular weight is 476 g/mol. The van der Waals surface area contributed by atoms with E-state index >= 15 is 0 Å². The number of nitrogens with zero attached hydrogens (tertiary/aromatic N) is 2. The van der Waals surface area contributed by atoms with Gasteiger partial charge in [-0.3, -0.25) is 4.79 Å². The number of fused-ring (bicyclic) bond motifs is 1. The number of sulfonamides is 1. The minimum atomic E-state index is -3.60. The highest BCUT2D eigenvalue weighted by molar-refractivity contribution is 7.99. The van der Waals surface area contributed by atoms with E-state index in [9.17, 15) is 13.2 Å². The molecule has 0 bridgehead atoms. The Morgan fingerprint density at radius 2 is 1.84 bits per heavy atom. The van der Waals surface area contributed by atoms with Crippen LogP contribution in [0.25, 0.3) is 0 Å². The number of methoxy groups -OCH3 is 1. The summed E-state index contributed by atoms with van der Waals surface area (Å²) in [5.74, 6) is 1.24. The van der Waals surface area contributed by atoms with Crippen LogP contribution in [0.3, 0.4) is 0 Å². The predicted molar refractivity (Wildman–Crippen MR) is 128 cm³/mol. The molecule has 32 heavy (non-hydrogen) atoms. The molecule has 0 spiro atoms. The van der Waals surface area contributed by atoms with Gasteiger partial charge in [0.2, 0.25) is 15.9 Å². The molecule has 1 amide bonds. The van der Waals surface area contributed by atoms with Gasteiger partial charge in [-0.2, -0.15) is 4.31 Å². The molecule has 1 N–H and O–H groups in total. The maximum absolute atomic E-state index is 13.1. The van der Waals surface area contributed by atoms with E-state index in [1.807, 2.05) is 18.2 Å². The number of ether oxygens (including phenoxy) is 1. The van der Waals surface area contributed by atoms with Gasteiger partial charge in [-0.05, 0) is 55.3 Å². The number of anilines is 2. The Kier molecular flexibility index (Phi) is 7.27. The third-order valence-electron chi connectivity index (χ3n) is 5.77. The maximum atomic E-state index is 13.1. The van der Waals surface area contributed by atoms with E-state index < -0.39 is 10.0 Å². The van der Waals surface area contributed by atoms with Crippen LogP contribution in [-0.2, 0) is 14.8 Å². The lowest BCUT2D eigenvalue weighted by Crippen LogP contribution is -2.36. The molecule has 0 atom stereocenters. The number of carbonyl (C=O) groups is 1. The fraction of sp³-hybridized carbons (Fsp3) is 0.435. The third-order valence-corrected chi connectivity index (χ3v) is 8.81. The minimum Gasteiger partial charge on any atom is -0.495 e. The lowest BCUT2D eigenvalue weighted by Gasteiger charge is -2.26. The average Bonchev–Trinajstić information content (AvgIpc) is 3.02. The molecule has 0 radical (unpaired) electrons. The van der Waals surface area contributed by atoms with Gasteiger partial charge in [0.1, 0.15) is 5.75 Å². The van der Waals surface area contributed by atoms with Gasteiger partial charge in [0, 0.05) is 24.5 Å². The monoisotopic (exact) mass is 475 g/mol. The van der Waals surface area contributed by atoms with Crippen LogP contribution in [0.2, 0.25) is 0 Å². The summed E-state index contributed by atoms with van der Waals surface area (Å²) in [6.45, 7) is 2.03. The van der Waals surface area contributed by atoms with Gasteiger partial charge < -0.3 is 15.0 Å². The molecule has 2 aliphatic heterocycles. The summed E-state index contributed by atoms with van der Waals surface area (Å²) in [7, 11) is -2.10. The van der Waals surface area contributed by atoms with Crippen molar-refractivity contribution < 1.29 is 17.9 Å². The number of nitrogens with one attached hydrogen (secondary N) is 1. The summed E-state index contributed by atoms with van der Waals surface area (Å²) in [5, 5.41) is 2.88. The summed E-state index contributed by atoms with van der Waals surface area (Å²) >= 11 is 1.80. The summed E-state index contributed by atoms with van der Waals surface area (Å²) in [5.41, 5.74) is 1.42. The lowest BCUT2D eigenvalue weighted by atomic mass is 10.2. The Labute approximate surface area is 194 Å². The van der Waals surface area contributed by atoms with Gasteiger partial charge >= 0.3 is 0 Å². The van der Waals surface area contributed by atoms with Crippen molar-refractivity contribution in [3.05, 3.63) is 42.5 Å². The van der Waals surface area contributed by atoms with Crippen LogP contribution >= 0.6 is 11.8 Å². The molecule has 0 saturated carbocycles. The molecule has 0 aromatic heterocycles. The molecule has 7 nitrogen and oxygen atoms in total. The Balaban J connectivity index is 1.53. The Bertz CT molecular complexity index is 1070. The van der Waals surface area contributed by atoms with Crippen molar-refractivity contribution in [2.75, 3.05) is 49.3 Å². The second-order valence-electron chi connectivity index (χ2n) is 7.97. The highest BCUT2D eigenvalue weighted by Crippen LogP contribution is 2.34. The van der Waals surface area contributed by atoms with E-state index in [0.717, 1.165) is 43.7 Å². The molecule has 2 aromatic carbocycles. The Morgan fingerprint density at radius 1 is 1.06 bits per heavy atom. The van der Waals surface area contributed by atoms with Crippen LogP contribution in [0.15, 0.2) is 52.3 Å². The van der Waals surface area contributed by atoms with E-state index in [4.69, 9.17) is 4.74 Å². The van der Waals surface area contributed by atoms with E-state index in [2.05, 4.69) is 16.3 Å². The quantitative estimate of drug-likeness (QED) is 0.685. The zero-order valence-corrected chi connectivity index (χ0v) is 19.9. The molecule has 2 aromatic rings. The largest absolute Gasteiger partial charge is 0.495 e. The number of thioether (sulfide) groups is 1. The van der Waals surface area contributed by atoms with Crippen molar-refractivity contribution in [1.29, 1.82) is 0 Å². The smallest absolute Gasteiger partial charge is 0.243 e. The molecular formula is C23H29N3O4S2. The van der Waals surface area contributed by atoms with Crippen LogP contribution in [0.4, 0.5) is 11.4 Å². The molecule has 1 fully saturated rings. The number of rotatable bonds is 6. The zero-order valence-electron chi connectivity index (χ0n) is 18.2. The SMILES string of the molecule is COc1ccc(S(=O)(=O)N2CCCCC2)cc1NC(=O)CN1CCCSc2ccccc21. The van der Waals surface area contributed by atoms with E-state index in [-0.39, 0.29) is 17.3 Å². The first-order valence-electron chi connectivity index (χ1n) is 10.9. The molecule has 2 heterocycles. The first kappa shape index (κ1) is 22.9. The normalized spacial score (nSPS) is 17.3. The van der Waals surface area contributed by atoms with Crippen LogP contribution in [0.1, 0.15) is 25.7 Å². The fourth-order valence-corrected chi connectivity index (χ4v) is 6.68. The first-order chi connectivity index (χ1) is 15.5. The topological polar surface area (TPSA) is 79.0 Å². The van der Waals surface area contributed by atoms with Crippen LogP contribution < -0.4 is 15.0 Å². The molecule has 4 rings (SSSR count). The Morgan fingerprint density at radius 3 is 2.62 bits per heavy atom. The first-order valence-corrected chi connectivity index (χ1v) is 13.4. The summed E-state index contributed by atoms with van der Waals surface area (Å²) in [6.07, 6.45) is 3.77. The maximum Gasteiger partial charge on any atom is 0.243 e. The van der Waals surface area contributed by atoms with Gasteiger partial charge in [0.15, 0.2) is 0 Å². The van der Waals surface area contributed by atoms with Crippen LogP contribution in [-0.4, -0.2) is 57.7 Å². The molecule has 172 valence electrons. The summed E-state index contributed by atoms with van der Waals surface area (Å²) < 4.78 is 33.1. The molecular weight excluding hydrogens is 446 g/mol. The molecule has 9 heteroatoms. The second-order valence-corrected chi connectivity index (χ2v) is 11.0. The van der Waals surface area contributed by atoms with E-state index in [1.54, 1.807) is 23.9 Å². The van der Waals surface area contributed by atoms with Crippen molar-refractivity contribution in [1.82, 2.24) is 4.31 Å². The van der Waals surface area contributed by atoms with Crippen molar-refractivity contribution in [3.8, 4) is 5.75 Å². The number of amides is 1. The highest BCUT2D eigenvalue weighted by atomic mass is 32.2. The van der Waals surface area contributed by atoms with Gasteiger partial charge in [0.05, 0.1) is 29.9 Å². The molecule has 1 saturated heterocycles. The van der Waals surface area contributed by atoms with Gasteiger partial charge in [-0.15, -0.1) is 11.8 Å². The van der Waals surface area contributed by atoms with Gasteiger partial charge in [-0.25, -0.2) is 8.42 Å². The minimum absolute atomic E-state index is 0.173. The van der Waals surface area contributed by atoms with E-state index in [0.29, 0.717) is 24.5 Å². The zero-order chi connectivity index (χ0) is 22.6. The second kappa shape index (κ2) is 10.1. The fourth-order valence-electron chi connectivity index (χ4n) is 4.13. The van der Waals surface area contributed by atoms with Gasteiger partial charge in [0.25, 0.3) is 0 Å². The Hall–Kier alpha value is -2.23. The highest BCUT2D eigenvalue weighted by Gasteiger charge is 2.27. The summed E-state index contributed by atoms with van der Waals surface area (Å²) in [4.78, 5) is 16.4. The van der Waals surface area contributed by atoms with Crippen LogP contribution in [0, 0.1) is 0 Å². The van der Waals surface area contributed by atoms with Gasteiger partial charge in [-0.1, -0.05) is 18.6 Å². The van der Waals surface area contributed by atoms with Crippen LogP contribution in [0.5, 0.6) is 5.75 Å². The summed E-state index contributed by atoms with van der Waals surface area (Å²) in [6, 6.07) is 12.8. The van der Waals surface area contributed by atoms with Crippen molar-refractivity contribution >= 4 is 39.1 Å². The van der Waals surface area contributed by atoms with E-state index in [1.165, 1.54) is 22.4 Å². The van der Waals surface area contributed by atoms with Crippen molar-refractivity contribution in [3.63, 3.8) is 0 Å². The molecule has 0 aliphatic carbocycles. The predicted octanol–water partition coefficient (Wildman–Crippen LogP) is 3.81. The molecule has 0 unspecified atom stereocenters.